The van der Waals surface area contributed by atoms with Gasteiger partial charge in [0.15, 0.2) is 0 Å². The number of nitro benzene ring substituents is 1. The Morgan fingerprint density at radius 3 is 2.18 bits per heavy atom. The van der Waals surface area contributed by atoms with Crippen LogP contribution in [0.1, 0.15) is 19.4 Å². The maximum atomic E-state index is 13.3. The average molecular weight is 407 g/mol. The highest BCUT2D eigenvalue weighted by molar-refractivity contribution is 7.89. The van der Waals surface area contributed by atoms with Crippen molar-refractivity contribution in [2.75, 3.05) is 0 Å². The zero-order valence-electron chi connectivity index (χ0n) is 15.3. The van der Waals surface area contributed by atoms with Crippen molar-refractivity contribution < 1.29 is 23.3 Å². The van der Waals surface area contributed by atoms with Gasteiger partial charge in [-0.3, -0.25) is 20.1 Å². The maximum Gasteiger partial charge on any atom is 0.269 e. The molecular weight excluding hydrogens is 386 g/mol. The number of amides is 1. The molecule has 10 heteroatoms. The van der Waals surface area contributed by atoms with E-state index in [4.69, 9.17) is 5.21 Å². The molecule has 0 spiro atoms. The number of carbonyl (C=O) groups excluding carboxylic acids is 1. The fourth-order valence-corrected chi connectivity index (χ4v) is 4.51. The number of sulfonamides is 1. The molecule has 28 heavy (non-hydrogen) atoms. The Bertz CT molecular complexity index is 930. The second-order valence-electron chi connectivity index (χ2n) is 6.45. The number of nitrogens with zero attached hydrogens (tertiary/aromatic N) is 2. The van der Waals surface area contributed by atoms with E-state index in [0.29, 0.717) is 5.56 Å². The second kappa shape index (κ2) is 8.91. The van der Waals surface area contributed by atoms with Crippen molar-refractivity contribution in [2.45, 2.75) is 31.3 Å². The fourth-order valence-electron chi connectivity index (χ4n) is 2.80. The third kappa shape index (κ3) is 4.71. The van der Waals surface area contributed by atoms with Crippen molar-refractivity contribution in [3.63, 3.8) is 0 Å². The highest BCUT2D eigenvalue weighted by Gasteiger charge is 2.38. The van der Waals surface area contributed by atoms with Crippen molar-refractivity contribution in [1.82, 2.24) is 9.79 Å². The zero-order valence-corrected chi connectivity index (χ0v) is 16.2. The van der Waals surface area contributed by atoms with Crippen LogP contribution in [0.25, 0.3) is 0 Å². The molecule has 0 aliphatic heterocycles. The minimum Gasteiger partial charge on any atom is -0.289 e. The normalized spacial score (nSPS) is 12.8. The van der Waals surface area contributed by atoms with Gasteiger partial charge < -0.3 is 0 Å². The summed E-state index contributed by atoms with van der Waals surface area (Å²) in [7, 11) is -4.20. The molecule has 0 unspecified atom stereocenters. The third-order valence-electron chi connectivity index (χ3n) is 4.16. The van der Waals surface area contributed by atoms with Crippen LogP contribution >= 0.6 is 0 Å². The van der Waals surface area contributed by atoms with Gasteiger partial charge >= 0.3 is 0 Å². The molecule has 0 saturated heterocycles. The number of hydrogen-bond acceptors (Lipinski definition) is 6. The predicted molar refractivity (Wildman–Crippen MR) is 101 cm³/mol. The molecule has 0 heterocycles. The van der Waals surface area contributed by atoms with E-state index < -0.39 is 32.8 Å². The van der Waals surface area contributed by atoms with Crippen LogP contribution in [0.3, 0.4) is 0 Å². The monoisotopic (exact) mass is 407 g/mol. The Balaban J connectivity index is 2.54. The quantitative estimate of drug-likeness (QED) is 0.392. The molecule has 0 radical (unpaired) electrons. The first-order valence-electron chi connectivity index (χ1n) is 8.42. The molecule has 2 aromatic carbocycles. The van der Waals surface area contributed by atoms with Gasteiger partial charge in [0.25, 0.3) is 11.6 Å². The number of hydroxylamine groups is 1. The van der Waals surface area contributed by atoms with E-state index >= 15 is 0 Å². The summed E-state index contributed by atoms with van der Waals surface area (Å²) < 4.78 is 27.5. The summed E-state index contributed by atoms with van der Waals surface area (Å²) in [4.78, 5) is 22.3. The maximum absolute atomic E-state index is 13.3. The number of hydrogen-bond donors (Lipinski definition) is 2. The van der Waals surface area contributed by atoms with Gasteiger partial charge in [0, 0.05) is 18.7 Å². The smallest absolute Gasteiger partial charge is 0.269 e. The molecule has 1 amide bonds. The van der Waals surface area contributed by atoms with E-state index in [2.05, 4.69) is 0 Å². The SMILES string of the molecule is CC(C)[C@@H](C(=O)NO)N(Cc1ccccc1)S(=O)(=O)c1ccc([N+](=O)[O-])cc1. The van der Waals surface area contributed by atoms with Crippen LogP contribution < -0.4 is 5.48 Å². The number of non-ortho nitro benzene ring substituents is 1. The van der Waals surface area contributed by atoms with Crippen molar-refractivity contribution in [3.8, 4) is 0 Å². The summed E-state index contributed by atoms with van der Waals surface area (Å²) in [5.74, 6) is -1.32. The molecule has 9 nitrogen and oxygen atoms in total. The van der Waals surface area contributed by atoms with E-state index in [-0.39, 0.29) is 17.1 Å². The fraction of sp³-hybridized carbons (Fsp3) is 0.278. The topological polar surface area (TPSA) is 130 Å². The van der Waals surface area contributed by atoms with Crippen LogP contribution in [0, 0.1) is 16.0 Å². The summed E-state index contributed by atoms with van der Waals surface area (Å²) >= 11 is 0. The van der Waals surface area contributed by atoms with Crippen LogP contribution in [0.4, 0.5) is 5.69 Å². The van der Waals surface area contributed by atoms with Crippen LogP contribution in [0.5, 0.6) is 0 Å². The van der Waals surface area contributed by atoms with Gasteiger partial charge in [0.1, 0.15) is 6.04 Å². The van der Waals surface area contributed by atoms with Crippen LogP contribution in [-0.4, -0.2) is 34.8 Å². The number of nitrogens with one attached hydrogen (secondary N) is 1. The first kappa shape index (κ1) is 21.5. The summed E-state index contributed by atoms with van der Waals surface area (Å²) in [6.07, 6.45) is 0. The highest BCUT2D eigenvalue weighted by atomic mass is 32.2. The lowest BCUT2D eigenvalue weighted by molar-refractivity contribution is -0.384. The summed E-state index contributed by atoms with van der Waals surface area (Å²) in [6, 6.07) is 11.9. The van der Waals surface area contributed by atoms with Crippen LogP contribution in [-0.2, 0) is 21.4 Å². The Kier molecular flexibility index (Phi) is 6.84. The van der Waals surface area contributed by atoms with Gasteiger partial charge in [-0.05, 0) is 23.6 Å². The standard InChI is InChI=1S/C18H21N3O6S/c1-13(2)17(18(22)19-23)20(12-14-6-4-3-5-7-14)28(26,27)16-10-8-15(9-11-16)21(24)25/h3-11,13,17,23H,12H2,1-2H3,(H,19,22)/t17-/m0/s1. The van der Waals surface area contributed by atoms with Crippen molar-refractivity contribution >= 4 is 21.6 Å². The van der Waals surface area contributed by atoms with E-state index in [1.54, 1.807) is 44.2 Å². The molecule has 0 aliphatic carbocycles. The van der Waals surface area contributed by atoms with Crippen molar-refractivity contribution in [1.29, 1.82) is 0 Å². The number of rotatable bonds is 8. The lowest BCUT2D eigenvalue weighted by Crippen LogP contribution is -2.51. The average Bonchev–Trinajstić information content (AvgIpc) is 2.67. The first-order chi connectivity index (χ1) is 13.2. The molecule has 150 valence electrons. The van der Waals surface area contributed by atoms with Crippen LogP contribution in [0.2, 0.25) is 0 Å². The minimum absolute atomic E-state index is 0.115. The Morgan fingerprint density at radius 2 is 1.71 bits per heavy atom. The van der Waals surface area contributed by atoms with Crippen molar-refractivity contribution in [3.05, 3.63) is 70.3 Å². The third-order valence-corrected chi connectivity index (χ3v) is 6.00. The van der Waals surface area contributed by atoms with Crippen LogP contribution in [0.15, 0.2) is 59.5 Å². The lowest BCUT2D eigenvalue weighted by Gasteiger charge is -2.32. The molecule has 0 bridgehead atoms. The molecule has 2 N–H and O–H groups in total. The van der Waals surface area contributed by atoms with Gasteiger partial charge in [0.2, 0.25) is 10.0 Å². The summed E-state index contributed by atoms with van der Waals surface area (Å²) in [5.41, 5.74) is 1.92. The van der Waals surface area contributed by atoms with Gasteiger partial charge in [-0.2, -0.15) is 4.31 Å². The van der Waals surface area contributed by atoms with Crippen molar-refractivity contribution in [2.24, 2.45) is 5.92 Å². The van der Waals surface area contributed by atoms with E-state index in [9.17, 15) is 23.3 Å². The molecule has 0 aromatic heterocycles. The Labute approximate surface area is 162 Å². The highest BCUT2D eigenvalue weighted by Crippen LogP contribution is 2.26. The number of carbonyl (C=O) groups is 1. The molecule has 2 rings (SSSR count). The minimum atomic E-state index is -4.20. The molecular formula is C18H21N3O6S. The molecule has 0 aliphatic rings. The Hall–Kier alpha value is -2.82. The van der Waals surface area contributed by atoms with E-state index in [1.165, 1.54) is 5.48 Å². The molecule has 2 aromatic rings. The van der Waals surface area contributed by atoms with Gasteiger partial charge in [0.05, 0.1) is 9.82 Å². The molecule has 1 atom stereocenters. The van der Waals surface area contributed by atoms with Gasteiger partial charge in [-0.15, -0.1) is 0 Å². The summed E-state index contributed by atoms with van der Waals surface area (Å²) in [6.45, 7) is 3.20. The summed E-state index contributed by atoms with van der Waals surface area (Å²) in [5, 5.41) is 19.9. The van der Waals surface area contributed by atoms with Gasteiger partial charge in [-0.25, -0.2) is 13.9 Å². The second-order valence-corrected chi connectivity index (χ2v) is 8.34. The Morgan fingerprint density at radius 1 is 1.14 bits per heavy atom. The van der Waals surface area contributed by atoms with E-state index in [1.807, 2.05) is 0 Å². The van der Waals surface area contributed by atoms with Gasteiger partial charge in [-0.1, -0.05) is 44.2 Å². The molecule has 0 fully saturated rings. The van der Waals surface area contributed by atoms with E-state index in [0.717, 1.165) is 28.6 Å². The number of benzene rings is 2. The predicted octanol–water partition coefficient (Wildman–Crippen LogP) is 2.32. The largest absolute Gasteiger partial charge is 0.289 e. The first-order valence-corrected chi connectivity index (χ1v) is 9.86. The molecule has 0 saturated carbocycles. The lowest BCUT2D eigenvalue weighted by atomic mass is 10.0. The number of nitro groups is 1. The zero-order chi connectivity index (χ0) is 20.9.